The van der Waals surface area contributed by atoms with Crippen LogP contribution in [-0.2, 0) is 0 Å². The second-order valence-electron chi connectivity index (χ2n) is 2.84. The van der Waals surface area contributed by atoms with Crippen LogP contribution in [0.4, 0.5) is 0 Å². The lowest BCUT2D eigenvalue weighted by atomic mass is 10.3. The summed E-state index contributed by atoms with van der Waals surface area (Å²) in [5, 5.41) is 13.0. The standard InChI is InChI=1S/C8H6ClN3O2/c1-4-2-6-10-3-5(8(13)14)12(6)11-7(4)9/h2-3H,1H3,(H,13,14). The predicted molar refractivity (Wildman–Crippen MR) is 49.7 cm³/mol. The zero-order valence-electron chi connectivity index (χ0n) is 7.23. The van der Waals surface area contributed by atoms with E-state index in [1.807, 2.05) is 0 Å². The van der Waals surface area contributed by atoms with E-state index >= 15 is 0 Å². The zero-order valence-corrected chi connectivity index (χ0v) is 7.99. The van der Waals surface area contributed by atoms with E-state index in [1.54, 1.807) is 13.0 Å². The number of imidazole rings is 1. The minimum atomic E-state index is -1.08. The van der Waals surface area contributed by atoms with E-state index in [9.17, 15) is 4.79 Å². The summed E-state index contributed by atoms with van der Waals surface area (Å²) in [5.41, 5.74) is 1.24. The largest absolute Gasteiger partial charge is 0.476 e. The van der Waals surface area contributed by atoms with Gasteiger partial charge in [-0.05, 0) is 18.6 Å². The first-order valence-corrected chi connectivity index (χ1v) is 4.21. The van der Waals surface area contributed by atoms with Gasteiger partial charge in [0.05, 0.1) is 6.20 Å². The smallest absolute Gasteiger partial charge is 0.356 e. The molecule has 0 spiro atoms. The first kappa shape index (κ1) is 8.96. The Bertz CT molecular complexity index is 521. The molecule has 0 amide bonds. The molecule has 0 bridgehead atoms. The lowest BCUT2D eigenvalue weighted by Crippen LogP contribution is -2.04. The van der Waals surface area contributed by atoms with E-state index in [1.165, 1.54) is 10.7 Å². The van der Waals surface area contributed by atoms with E-state index in [4.69, 9.17) is 16.7 Å². The van der Waals surface area contributed by atoms with Crippen LogP contribution in [0.5, 0.6) is 0 Å². The minimum absolute atomic E-state index is 0.00176. The Hall–Kier alpha value is -1.62. The van der Waals surface area contributed by atoms with Crippen molar-refractivity contribution in [3.63, 3.8) is 0 Å². The van der Waals surface area contributed by atoms with Crippen LogP contribution in [0.3, 0.4) is 0 Å². The molecule has 5 nitrogen and oxygen atoms in total. The van der Waals surface area contributed by atoms with Gasteiger partial charge in [0.15, 0.2) is 16.5 Å². The normalized spacial score (nSPS) is 10.7. The van der Waals surface area contributed by atoms with Gasteiger partial charge in [-0.15, -0.1) is 0 Å². The van der Waals surface area contributed by atoms with Crippen LogP contribution in [0.15, 0.2) is 12.3 Å². The Balaban J connectivity index is 2.80. The van der Waals surface area contributed by atoms with E-state index in [2.05, 4.69) is 10.1 Å². The summed E-state index contributed by atoms with van der Waals surface area (Å²) in [5.74, 6) is -1.08. The van der Waals surface area contributed by atoms with Gasteiger partial charge in [0, 0.05) is 0 Å². The molecule has 1 N–H and O–H groups in total. The number of carboxylic acids is 1. The molecule has 0 saturated heterocycles. The molecule has 2 aromatic heterocycles. The van der Waals surface area contributed by atoms with Gasteiger partial charge in [-0.2, -0.15) is 5.10 Å². The summed E-state index contributed by atoms with van der Waals surface area (Å²) < 4.78 is 1.21. The molecule has 2 aromatic rings. The minimum Gasteiger partial charge on any atom is -0.476 e. The Kier molecular flexibility index (Phi) is 1.89. The Morgan fingerprint density at radius 3 is 3.00 bits per heavy atom. The van der Waals surface area contributed by atoms with Crippen LogP contribution >= 0.6 is 11.6 Å². The summed E-state index contributed by atoms with van der Waals surface area (Å²) in [4.78, 5) is 14.6. The summed E-state index contributed by atoms with van der Waals surface area (Å²) in [7, 11) is 0. The topological polar surface area (TPSA) is 67.5 Å². The van der Waals surface area contributed by atoms with Crippen molar-refractivity contribution < 1.29 is 9.90 Å². The number of aryl methyl sites for hydroxylation is 1. The summed E-state index contributed by atoms with van der Waals surface area (Å²) in [6, 6.07) is 1.68. The van der Waals surface area contributed by atoms with Gasteiger partial charge in [0.25, 0.3) is 0 Å². The van der Waals surface area contributed by atoms with Crippen LogP contribution in [0, 0.1) is 6.92 Å². The van der Waals surface area contributed by atoms with Gasteiger partial charge in [0.1, 0.15) is 0 Å². The maximum absolute atomic E-state index is 10.7. The molecule has 6 heteroatoms. The first-order chi connectivity index (χ1) is 6.59. The molecule has 2 rings (SSSR count). The fourth-order valence-electron chi connectivity index (χ4n) is 1.13. The van der Waals surface area contributed by atoms with Crippen molar-refractivity contribution >= 4 is 23.2 Å². The van der Waals surface area contributed by atoms with Gasteiger partial charge >= 0.3 is 5.97 Å². The molecule has 14 heavy (non-hydrogen) atoms. The number of halogens is 1. The second-order valence-corrected chi connectivity index (χ2v) is 3.19. The van der Waals surface area contributed by atoms with Crippen molar-refractivity contribution in [2.75, 3.05) is 0 Å². The number of aromatic carboxylic acids is 1. The molecule has 0 radical (unpaired) electrons. The van der Waals surface area contributed by atoms with Gasteiger partial charge < -0.3 is 5.11 Å². The fourth-order valence-corrected chi connectivity index (χ4v) is 1.26. The second kappa shape index (κ2) is 2.95. The van der Waals surface area contributed by atoms with Gasteiger partial charge in [-0.1, -0.05) is 11.6 Å². The molecule has 72 valence electrons. The van der Waals surface area contributed by atoms with Crippen LogP contribution < -0.4 is 0 Å². The number of nitrogens with zero attached hydrogens (tertiary/aromatic N) is 3. The van der Waals surface area contributed by atoms with Crippen molar-refractivity contribution in [3.8, 4) is 0 Å². The Morgan fingerprint density at radius 2 is 2.36 bits per heavy atom. The monoisotopic (exact) mass is 211 g/mol. The Morgan fingerprint density at radius 1 is 1.64 bits per heavy atom. The van der Waals surface area contributed by atoms with E-state index in [0.29, 0.717) is 5.65 Å². The van der Waals surface area contributed by atoms with Crippen molar-refractivity contribution in [1.29, 1.82) is 0 Å². The number of carboxylic acid groups (broad SMARTS) is 1. The average Bonchev–Trinajstić information content (AvgIpc) is 2.48. The highest BCUT2D eigenvalue weighted by molar-refractivity contribution is 6.30. The van der Waals surface area contributed by atoms with Crippen molar-refractivity contribution in [2.45, 2.75) is 6.92 Å². The number of rotatable bonds is 1. The summed E-state index contributed by atoms with van der Waals surface area (Å²) in [6.07, 6.45) is 1.25. The van der Waals surface area contributed by atoms with Crippen molar-refractivity contribution in [1.82, 2.24) is 14.6 Å². The lowest BCUT2D eigenvalue weighted by molar-refractivity contribution is 0.0688. The Labute approximate surface area is 83.9 Å². The third-order valence-corrected chi connectivity index (χ3v) is 2.22. The molecule has 0 unspecified atom stereocenters. The number of carbonyl (C=O) groups is 1. The summed E-state index contributed by atoms with van der Waals surface area (Å²) >= 11 is 5.77. The highest BCUT2D eigenvalue weighted by Gasteiger charge is 2.12. The van der Waals surface area contributed by atoms with Crippen LogP contribution in [0.1, 0.15) is 16.1 Å². The molecule has 0 saturated carbocycles. The third kappa shape index (κ3) is 1.22. The lowest BCUT2D eigenvalue weighted by Gasteiger charge is -1.99. The molecule has 0 aliphatic rings. The van der Waals surface area contributed by atoms with Crippen LogP contribution in [0.2, 0.25) is 5.15 Å². The van der Waals surface area contributed by atoms with Gasteiger partial charge in [0.2, 0.25) is 0 Å². The summed E-state index contributed by atoms with van der Waals surface area (Å²) in [6.45, 7) is 1.78. The van der Waals surface area contributed by atoms with Crippen LogP contribution in [-0.4, -0.2) is 25.7 Å². The first-order valence-electron chi connectivity index (χ1n) is 3.84. The van der Waals surface area contributed by atoms with Crippen molar-refractivity contribution in [3.05, 3.63) is 28.7 Å². The van der Waals surface area contributed by atoms with Crippen molar-refractivity contribution in [2.24, 2.45) is 0 Å². The van der Waals surface area contributed by atoms with E-state index < -0.39 is 5.97 Å². The maximum Gasteiger partial charge on any atom is 0.356 e. The van der Waals surface area contributed by atoms with Gasteiger partial charge in [-0.3, -0.25) is 0 Å². The maximum atomic E-state index is 10.7. The number of hydrogen-bond acceptors (Lipinski definition) is 3. The molecule has 0 aliphatic heterocycles. The number of hydrogen-bond donors (Lipinski definition) is 1. The zero-order chi connectivity index (χ0) is 10.3. The molecular formula is C8H6ClN3O2. The highest BCUT2D eigenvalue weighted by atomic mass is 35.5. The highest BCUT2D eigenvalue weighted by Crippen LogP contribution is 2.14. The molecule has 0 aliphatic carbocycles. The fraction of sp³-hybridized carbons (Fsp3) is 0.125. The van der Waals surface area contributed by atoms with E-state index in [0.717, 1.165) is 5.56 Å². The third-order valence-electron chi connectivity index (χ3n) is 1.84. The quantitative estimate of drug-likeness (QED) is 0.774. The number of aromatic nitrogens is 3. The average molecular weight is 212 g/mol. The molecule has 2 heterocycles. The molecular weight excluding hydrogens is 206 g/mol. The van der Waals surface area contributed by atoms with E-state index in [-0.39, 0.29) is 10.8 Å². The molecule has 0 aromatic carbocycles. The SMILES string of the molecule is Cc1cc2ncc(C(=O)O)n2nc1Cl. The van der Waals surface area contributed by atoms with Gasteiger partial charge in [-0.25, -0.2) is 14.3 Å². The predicted octanol–water partition coefficient (Wildman–Crippen LogP) is 1.39. The van der Waals surface area contributed by atoms with Crippen LogP contribution in [0.25, 0.3) is 5.65 Å². The molecule has 0 atom stereocenters. The number of fused-ring (bicyclic) bond motifs is 1. The molecule has 0 fully saturated rings.